The van der Waals surface area contributed by atoms with E-state index in [1.165, 1.54) is 10.6 Å². The topological polar surface area (TPSA) is 151 Å². The zero-order valence-corrected chi connectivity index (χ0v) is 20.5. The largest absolute Gasteiger partial charge is 0.363 e. The van der Waals surface area contributed by atoms with Crippen LogP contribution in [0.5, 0.6) is 0 Å². The van der Waals surface area contributed by atoms with Crippen LogP contribution < -0.4 is 21.7 Å². The van der Waals surface area contributed by atoms with Gasteiger partial charge in [0.05, 0.1) is 7.39 Å². The van der Waals surface area contributed by atoms with Gasteiger partial charge in [-0.2, -0.15) is 0 Å². The number of hydrogen-bond donors (Lipinski definition) is 4. The Balaban J connectivity index is 2.29. The van der Waals surface area contributed by atoms with Gasteiger partial charge in [-0.05, 0) is 55.6 Å². The van der Waals surface area contributed by atoms with Gasteiger partial charge in [0.2, 0.25) is 17.6 Å². The molecule has 5 amide bonds. The monoisotopic (exact) mass is 538 g/mol. The summed E-state index contributed by atoms with van der Waals surface area (Å²) in [7, 11) is 0. The highest BCUT2D eigenvalue weighted by Crippen LogP contribution is 2.65. The van der Waals surface area contributed by atoms with Gasteiger partial charge in [-0.25, -0.2) is 4.79 Å². The maximum absolute atomic E-state index is 14.8. The van der Waals surface area contributed by atoms with E-state index in [0.717, 1.165) is 0 Å². The molecule has 2 aliphatic carbocycles. The van der Waals surface area contributed by atoms with Gasteiger partial charge in [-0.3, -0.25) is 19.2 Å². The number of hydrogen-bond acceptors (Lipinski definition) is 5. The fraction of sp³-hybridized carbons (Fsp3) is 0.815. The van der Waals surface area contributed by atoms with Gasteiger partial charge in [0.15, 0.2) is 0 Å². The molecule has 10 heteroatoms. The minimum atomic E-state index is -4.33. The van der Waals surface area contributed by atoms with Crippen molar-refractivity contribution < 1.29 is 50.0 Å². The van der Waals surface area contributed by atoms with Crippen LogP contribution in [0.4, 0.5) is 4.79 Å². The molecule has 1 saturated heterocycles. The van der Waals surface area contributed by atoms with Crippen LogP contribution in [0.25, 0.3) is 0 Å². The molecule has 208 valence electrons. The fourth-order valence-corrected chi connectivity index (χ4v) is 5.23. The van der Waals surface area contributed by atoms with Crippen molar-refractivity contribution in [3.8, 4) is 0 Å². The summed E-state index contributed by atoms with van der Waals surface area (Å²) in [4.78, 5) is 68.1. The number of piperidine rings is 1. The van der Waals surface area contributed by atoms with Gasteiger partial charge in [0.1, 0.15) is 12.1 Å². The summed E-state index contributed by atoms with van der Waals surface area (Å²) in [6, 6.07) is -10.2. The zero-order chi connectivity index (χ0) is 44.0. The quantitative estimate of drug-likeness (QED) is 0.347. The van der Waals surface area contributed by atoms with Crippen molar-refractivity contribution in [3.63, 3.8) is 0 Å². The van der Waals surface area contributed by atoms with Crippen LogP contribution in [-0.4, -0.2) is 64.6 Å². The van der Waals surface area contributed by atoms with Crippen molar-refractivity contribution >= 4 is 29.5 Å². The van der Waals surface area contributed by atoms with E-state index in [9.17, 15) is 24.0 Å². The van der Waals surface area contributed by atoms with E-state index in [0.29, 0.717) is 24.2 Å². The Labute approximate surface area is 246 Å². The maximum Gasteiger partial charge on any atom is 0.315 e. The molecule has 0 radical (unpaired) electrons. The second-order valence-corrected chi connectivity index (χ2v) is 10.6. The zero-order valence-electron chi connectivity index (χ0n) is 39.5. The average molecular weight is 539 g/mol. The normalized spacial score (nSPS) is 36.8. The molecular weight excluding hydrogens is 474 g/mol. The number of nitrogens with zero attached hydrogens (tertiary/aromatic N) is 1. The molecule has 1 aliphatic heterocycles. The molecule has 0 unspecified atom stereocenters. The van der Waals surface area contributed by atoms with Crippen molar-refractivity contribution in [3.05, 3.63) is 0 Å². The molecule has 0 aromatic rings. The number of rotatable bonds is 8. The minimum absolute atomic E-state index is 0.306. The van der Waals surface area contributed by atoms with E-state index in [-0.39, 0.29) is 12.3 Å². The Bertz CT molecular complexity index is 1520. The van der Waals surface area contributed by atoms with Gasteiger partial charge in [0, 0.05) is 36.8 Å². The summed E-state index contributed by atoms with van der Waals surface area (Å²) in [6.45, 7) is -22.5. The molecule has 0 spiro atoms. The van der Waals surface area contributed by atoms with Crippen LogP contribution in [0, 0.1) is 28.6 Å². The standard InChI is InChI=1S/C27H45N5O5/c1-25(2,3)20(30-24(37)31-26(4,5)6)23(36)32-13-15-17(27(15,7)8)18(32)22(35)29-16(19(33)21(28)34)12-14-10-9-11-14/h14-18,20H,9-13H2,1-8H3,(H2,28,34)(H,29,35)(H2,30,31,37)/t15-,16+,17-,18-,20+/m0/s1/i1D3,2D3,3D3,4D3,5D3,6D3,16D. The molecule has 3 aliphatic rings. The SMILES string of the molecule is [2H]C([2H])([2H])C(NC(=O)N[C@H](C(=O)N1C[C@H]2[C@@H]([C@H]1C(=O)N[C@]([2H])(CC1CCC1)C(=O)C(N)=O)C2(C)C)C(C([2H])([2H])[2H])(C([2H])([2H])[2H])C([2H])([2H])[2H])(C([2H])([2H])[2H])C([2H])([2H])[2H]. The molecular formula is C27H45N5O5. The molecule has 3 fully saturated rings. The van der Waals surface area contributed by atoms with Crippen molar-refractivity contribution in [2.75, 3.05) is 6.54 Å². The van der Waals surface area contributed by atoms with Crippen LogP contribution in [-0.2, 0) is 19.2 Å². The van der Waals surface area contributed by atoms with Crippen LogP contribution in [0.2, 0.25) is 0 Å². The number of likely N-dealkylation sites (tertiary alicyclic amines) is 1. The lowest BCUT2D eigenvalue weighted by molar-refractivity contribution is -0.145. The Kier molecular flexibility index (Phi) is 3.34. The lowest BCUT2D eigenvalue weighted by Gasteiger charge is -2.38. The van der Waals surface area contributed by atoms with Crippen LogP contribution in [0.15, 0.2) is 0 Å². The number of primary amides is 1. The lowest BCUT2D eigenvalue weighted by Crippen LogP contribution is -2.62. The van der Waals surface area contributed by atoms with Crippen LogP contribution >= 0.6 is 0 Å². The Morgan fingerprint density at radius 3 is 2.24 bits per heavy atom. The molecule has 2 saturated carbocycles. The lowest BCUT2D eigenvalue weighted by atomic mass is 9.80. The number of Topliss-reactive ketones (excluding diaryl/α,β-unsaturated/α-hetero) is 1. The first kappa shape index (κ1) is 12.5. The van der Waals surface area contributed by atoms with Crippen LogP contribution in [0.3, 0.4) is 0 Å². The highest BCUT2D eigenvalue weighted by molar-refractivity contribution is 6.37. The number of carbonyl (C=O) groups is 5. The van der Waals surface area contributed by atoms with E-state index >= 15 is 0 Å². The molecule has 1 heterocycles. The summed E-state index contributed by atoms with van der Waals surface area (Å²) in [5.74, 6) is -8.15. The van der Waals surface area contributed by atoms with E-state index in [1.807, 2.05) is 0 Å². The van der Waals surface area contributed by atoms with Gasteiger partial charge in [-0.1, -0.05) is 53.7 Å². The molecule has 3 rings (SSSR count). The van der Waals surface area contributed by atoms with Crippen molar-refractivity contribution in [1.82, 2.24) is 20.9 Å². The number of carbonyl (C=O) groups excluding carboxylic acids is 5. The predicted octanol–water partition coefficient (Wildman–Crippen LogP) is 1.71. The van der Waals surface area contributed by atoms with E-state index in [2.05, 4.69) is 5.32 Å². The highest BCUT2D eigenvalue weighted by Gasteiger charge is 2.70. The third-order valence-electron chi connectivity index (χ3n) is 7.51. The second-order valence-electron chi connectivity index (χ2n) is 10.6. The smallest absolute Gasteiger partial charge is 0.315 e. The van der Waals surface area contributed by atoms with Crippen LogP contribution in [0.1, 0.15) is 107 Å². The van der Waals surface area contributed by atoms with E-state index in [1.54, 1.807) is 13.8 Å². The predicted molar refractivity (Wildman–Crippen MR) is 139 cm³/mol. The molecule has 0 aromatic heterocycles. The summed E-state index contributed by atoms with van der Waals surface area (Å²) in [5, 5.41) is 4.91. The summed E-state index contributed by atoms with van der Waals surface area (Å²) in [6.07, 6.45) is 1.38. The number of ketones is 1. The van der Waals surface area contributed by atoms with Gasteiger partial charge in [0.25, 0.3) is 5.91 Å². The fourth-order valence-electron chi connectivity index (χ4n) is 5.23. The Morgan fingerprint density at radius 2 is 1.73 bits per heavy atom. The van der Waals surface area contributed by atoms with Gasteiger partial charge >= 0.3 is 6.03 Å². The summed E-state index contributed by atoms with van der Waals surface area (Å²) in [5.41, 5.74) is -4.14. The third kappa shape index (κ3) is 6.26. The van der Waals surface area contributed by atoms with Crippen molar-refractivity contribution in [2.45, 2.75) is 104 Å². The number of amides is 5. The molecule has 10 nitrogen and oxygen atoms in total. The number of urea groups is 1. The second kappa shape index (κ2) is 9.91. The Hall–Kier alpha value is -2.65. The van der Waals surface area contributed by atoms with Crippen molar-refractivity contribution in [2.24, 2.45) is 34.3 Å². The van der Waals surface area contributed by atoms with Gasteiger partial charge < -0.3 is 26.6 Å². The highest BCUT2D eigenvalue weighted by atomic mass is 16.2. The molecule has 0 aromatic carbocycles. The van der Waals surface area contributed by atoms with Gasteiger partial charge in [-0.15, -0.1) is 0 Å². The number of nitrogens with one attached hydrogen (secondary N) is 3. The average Bonchev–Trinajstić information content (AvgIpc) is 3.25. The van der Waals surface area contributed by atoms with E-state index in [4.69, 9.17) is 31.8 Å². The first-order chi connectivity index (χ1) is 24.7. The molecule has 37 heavy (non-hydrogen) atoms. The van der Waals surface area contributed by atoms with E-state index < -0.39 is 123 Å². The third-order valence-corrected chi connectivity index (χ3v) is 7.51. The summed E-state index contributed by atoms with van der Waals surface area (Å²) >= 11 is 0. The van der Waals surface area contributed by atoms with Crippen molar-refractivity contribution in [1.29, 1.82) is 0 Å². The Morgan fingerprint density at radius 1 is 1.08 bits per heavy atom. The number of nitrogens with two attached hydrogens (primary N) is 1. The maximum atomic E-state index is 14.8. The minimum Gasteiger partial charge on any atom is -0.363 e. The molecule has 5 atom stereocenters. The first-order valence-corrected chi connectivity index (χ1v) is 11.7. The summed E-state index contributed by atoms with van der Waals surface area (Å²) < 4.78 is 153. The molecule has 5 N–H and O–H groups in total. The first-order valence-electron chi connectivity index (χ1n) is 21.2. The number of fused-ring (bicyclic) bond motifs is 1. The molecule has 0 bridgehead atoms.